The molecule has 84 valence electrons. The minimum absolute atomic E-state index is 0.354. The van der Waals surface area contributed by atoms with E-state index >= 15 is 0 Å². The van der Waals surface area contributed by atoms with Crippen LogP contribution >= 0.6 is 0 Å². The van der Waals surface area contributed by atoms with Crippen LogP contribution in [0.5, 0.6) is 0 Å². The molecule has 0 N–H and O–H groups in total. The first-order valence-corrected chi connectivity index (χ1v) is 5.09. The van der Waals surface area contributed by atoms with Gasteiger partial charge in [-0.3, -0.25) is 4.90 Å². The fourth-order valence-corrected chi connectivity index (χ4v) is 1.12. The summed E-state index contributed by atoms with van der Waals surface area (Å²) in [6, 6.07) is 2.07. The Morgan fingerprint density at radius 2 is 2.20 bits per heavy atom. The van der Waals surface area contributed by atoms with E-state index in [1.54, 1.807) is 6.92 Å². The zero-order valence-corrected chi connectivity index (χ0v) is 9.45. The second-order valence-electron chi connectivity index (χ2n) is 3.10. The number of nitrogens with zero attached hydrogens (tertiary/aromatic N) is 2. The second kappa shape index (κ2) is 8.01. The van der Waals surface area contributed by atoms with Crippen molar-refractivity contribution in [3.8, 4) is 6.07 Å². The lowest BCUT2D eigenvalue weighted by Crippen LogP contribution is -2.29. The van der Waals surface area contributed by atoms with Crippen LogP contribution in [0.25, 0.3) is 0 Å². The molecule has 0 aromatic rings. The van der Waals surface area contributed by atoms with E-state index in [0.717, 1.165) is 6.54 Å². The minimum Gasteiger partial charge on any atom is -0.463 e. The molecule has 0 saturated carbocycles. The maximum absolute atomic E-state index is 11.3. The molecule has 4 nitrogen and oxygen atoms in total. The van der Waals surface area contributed by atoms with Gasteiger partial charge in [0.2, 0.25) is 0 Å². The Kier molecular flexibility index (Phi) is 7.29. The lowest BCUT2D eigenvalue weighted by atomic mass is 10.2. The quantitative estimate of drug-likeness (QED) is 0.470. The summed E-state index contributed by atoms with van der Waals surface area (Å²) in [5.41, 5.74) is 0.441. The van der Waals surface area contributed by atoms with Gasteiger partial charge < -0.3 is 4.74 Å². The zero-order valence-electron chi connectivity index (χ0n) is 9.45. The molecule has 0 heterocycles. The van der Waals surface area contributed by atoms with Gasteiger partial charge in [0, 0.05) is 25.1 Å². The van der Waals surface area contributed by atoms with Crippen molar-refractivity contribution in [3.05, 3.63) is 12.2 Å². The lowest BCUT2D eigenvalue weighted by Gasteiger charge is -2.19. The Labute approximate surface area is 91.1 Å². The zero-order chi connectivity index (χ0) is 11.7. The molecule has 0 atom stereocenters. The summed E-state index contributed by atoms with van der Waals surface area (Å²) in [5, 5.41) is 8.45. The number of rotatable bonds is 7. The van der Waals surface area contributed by atoms with E-state index in [1.165, 1.54) is 0 Å². The number of hydrogen-bond donors (Lipinski definition) is 0. The highest BCUT2D eigenvalue weighted by atomic mass is 16.5. The summed E-state index contributed by atoms with van der Waals surface area (Å²) in [6.07, 6.45) is 0.462. The third kappa shape index (κ3) is 5.87. The van der Waals surface area contributed by atoms with Crippen molar-refractivity contribution in [1.82, 2.24) is 4.90 Å². The third-order valence-electron chi connectivity index (χ3n) is 1.97. The Morgan fingerprint density at radius 3 is 2.67 bits per heavy atom. The molecular formula is C11H18N2O2. The molecule has 0 aliphatic rings. The first-order chi connectivity index (χ1) is 7.15. The molecule has 0 radical (unpaired) electrons. The summed E-state index contributed by atoms with van der Waals surface area (Å²) in [4.78, 5) is 13.2. The summed E-state index contributed by atoms with van der Waals surface area (Å²) >= 11 is 0. The van der Waals surface area contributed by atoms with Gasteiger partial charge in [-0.05, 0) is 13.5 Å². The minimum atomic E-state index is -0.354. The summed E-state index contributed by atoms with van der Waals surface area (Å²) in [5.74, 6) is -0.354. The highest BCUT2D eigenvalue weighted by molar-refractivity contribution is 5.88. The molecule has 0 bridgehead atoms. The van der Waals surface area contributed by atoms with E-state index < -0.39 is 0 Å². The Balaban J connectivity index is 4.01. The van der Waals surface area contributed by atoms with Gasteiger partial charge in [0.25, 0.3) is 0 Å². The molecular weight excluding hydrogens is 192 g/mol. The molecule has 0 aromatic heterocycles. The van der Waals surface area contributed by atoms with Crippen LogP contribution in [0.1, 0.15) is 20.3 Å². The third-order valence-corrected chi connectivity index (χ3v) is 1.97. The number of nitriles is 1. The molecule has 0 rings (SSSR count). The average molecular weight is 210 g/mol. The van der Waals surface area contributed by atoms with Gasteiger partial charge in [-0.15, -0.1) is 0 Å². The van der Waals surface area contributed by atoms with Crippen LogP contribution in [-0.2, 0) is 9.53 Å². The normalized spacial score (nSPS) is 9.73. The molecule has 0 aliphatic carbocycles. The van der Waals surface area contributed by atoms with E-state index in [4.69, 9.17) is 10.00 Å². The molecule has 0 fully saturated rings. The Hall–Kier alpha value is -1.34. The Morgan fingerprint density at radius 1 is 1.53 bits per heavy atom. The van der Waals surface area contributed by atoms with E-state index in [2.05, 4.69) is 12.6 Å². The van der Waals surface area contributed by atoms with Crippen LogP contribution in [0, 0.1) is 11.3 Å². The van der Waals surface area contributed by atoms with Gasteiger partial charge in [-0.2, -0.15) is 5.26 Å². The highest BCUT2D eigenvalue weighted by Crippen LogP contribution is 2.00. The fourth-order valence-electron chi connectivity index (χ4n) is 1.12. The summed E-state index contributed by atoms with van der Waals surface area (Å²) < 4.78 is 4.82. The van der Waals surface area contributed by atoms with Crippen LogP contribution in [0.15, 0.2) is 12.2 Å². The van der Waals surface area contributed by atoms with Crippen LogP contribution in [0.3, 0.4) is 0 Å². The van der Waals surface area contributed by atoms with E-state index in [-0.39, 0.29) is 5.97 Å². The van der Waals surface area contributed by atoms with E-state index in [0.29, 0.717) is 31.7 Å². The van der Waals surface area contributed by atoms with Gasteiger partial charge in [-0.1, -0.05) is 13.5 Å². The SMILES string of the molecule is C=C(CN(CC)CCC#N)C(=O)OCC. The second-order valence-corrected chi connectivity index (χ2v) is 3.10. The van der Waals surface area contributed by atoms with Gasteiger partial charge >= 0.3 is 5.97 Å². The van der Waals surface area contributed by atoms with Crippen molar-refractivity contribution >= 4 is 5.97 Å². The monoisotopic (exact) mass is 210 g/mol. The molecule has 4 heteroatoms. The van der Waals surface area contributed by atoms with Crippen LogP contribution in [0.2, 0.25) is 0 Å². The van der Waals surface area contributed by atoms with Crippen molar-refractivity contribution in [3.63, 3.8) is 0 Å². The van der Waals surface area contributed by atoms with Crippen LogP contribution in [-0.4, -0.2) is 37.1 Å². The fraction of sp³-hybridized carbons (Fsp3) is 0.636. The van der Waals surface area contributed by atoms with Crippen molar-refractivity contribution in [2.45, 2.75) is 20.3 Å². The van der Waals surface area contributed by atoms with Gasteiger partial charge in [0.05, 0.1) is 12.7 Å². The number of hydrogen-bond acceptors (Lipinski definition) is 4. The first-order valence-electron chi connectivity index (χ1n) is 5.09. The topological polar surface area (TPSA) is 53.3 Å². The summed E-state index contributed by atoms with van der Waals surface area (Å²) in [7, 11) is 0. The van der Waals surface area contributed by atoms with Crippen molar-refractivity contribution in [2.24, 2.45) is 0 Å². The smallest absolute Gasteiger partial charge is 0.334 e. The first kappa shape index (κ1) is 13.7. The average Bonchev–Trinajstić information content (AvgIpc) is 2.24. The standard InChI is InChI=1S/C11H18N2O2/c1-4-13(8-6-7-12)9-10(3)11(14)15-5-2/h3-6,8-9H2,1-2H3. The van der Waals surface area contributed by atoms with E-state index in [1.807, 2.05) is 11.8 Å². The number of carbonyl (C=O) groups excluding carboxylic acids is 1. The predicted molar refractivity (Wildman–Crippen MR) is 58.1 cm³/mol. The van der Waals surface area contributed by atoms with Crippen LogP contribution in [0.4, 0.5) is 0 Å². The van der Waals surface area contributed by atoms with Gasteiger partial charge in [0.15, 0.2) is 0 Å². The van der Waals surface area contributed by atoms with Crippen molar-refractivity contribution in [1.29, 1.82) is 5.26 Å². The molecule has 0 aliphatic heterocycles. The number of carbonyl (C=O) groups is 1. The van der Waals surface area contributed by atoms with Crippen molar-refractivity contribution < 1.29 is 9.53 Å². The molecule has 0 unspecified atom stereocenters. The predicted octanol–water partition coefficient (Wildman–Crippen LogP) is 1.34. The van der Waals surface area contributed by atoms with Gasteiger partial charge in [-0.25, -0.2) is 4.79 Å². The Bertz CT molecular complexity index is 256. The molecule has 0 amide bonds. The van der Waals surface area contributed by atoms with E-state index in [9.17, 15) is 4.79 Å². The molecule has 15 heavy (non-hydrogen) atoms. The molecule has 0 spiro atoms. The largest absolute Gasteiger partial charge is 0.463 e. The maximum Gasteiger partial charge on any atom is 0.334 e. The van der Waals surface area contributed by atoms with Crippen molar-refractivity contribution in [2.75, 3.05) is 26.2 Å². The number of ether oxygens (including phenoxy) is 1. The van der Waals surface area contributed by atoms with Crippen LogP contribution < -0.4 is 0 Å². The molecule has 0 saturated heterocycles. The number of esters is 1. The molecule has 0 aromatic carbocycles. The summed E-state index contributed by atoms with van der Waals surface area (Å²) in [6.45, 7) is 9.70. The number of likely N-dealkylation sites (N-methyl/N-ethyl adjacent to an activating group) is 1. The van der Waals surface area contributed by atoms with Gasteiger partial charge in [0.1, 0.15) is 0 Å². The lowest BCUT2D eigenvalue weighted by molar-refractivity contribution is -0.138. The highest BCUT2D eigenvalue weighted by Gasteiger charge is 2.11. The maximum atomic E-state index is 11.3.